The van der Waals surface area contributed by atoms with Crippen molar-refractivity contribution in [2.45, 2.75) is 32.9 Å². The summed E-state index contributed by atoms with van der Waals surface area (Å²) in [5, 5.41) is 1.20. The van der Waals surface area contributed by atoms with Crippen LogP contribution in [0.25, 0.3) is 10.9 Å². The van der Waals surface area contributed by atoms with Gasteiger partial charge in [-0.15, -0.1) is 0 Å². The van der Waals surface area contributed by atoms with E-state index in [1.807, 2.05) is 25.1 Å². The highest BCUT2D eigenvalue weighted by atomic mass is 35.5. The minimum absolute atomic E-state index is 0.0262. The van der Waals surface area contributed by atoms with E-state index in [0.717, 1.165) is 12.0 Å². The number of H-pyrrole nitrogens is 1. The smallest absolute Gasteiger partial charge is 0.258 e. The Morgan fingerprint density at radius 1 is 1.12 bits per heavy atom. The molecule has 5 nitrogen and oxygen atoms in total. The molecule has 3 rings (SSSR count). The zero-order valence-electron chi connectivity index (χ0n) is 14.5. The molecule has 26 heavy (non-hydrogen) atoms. The number of hydrogen-bond acceptors (Lipinski definition) is 3. The number of aromatic nitrogens is 2. The standard InChI is InChI=1S/C20H20ClN3O2/c1-2-5-19(25)24(12-14-8-10-15(21)11-9-14)13-18-22-17-7-4-3-6-16(17)20(26)23-18/h3-4,6-11H,2,5,12-13H2,1H3,(H,22,23,26). The summed E-state index contributed by atoms with van der Waals surface area (Å²) < 4.78 is 0. The number of fused-ring (bicyclic) bond motifs is 1. The number of nitrogens with zero attached hydrogens (tertiary/aromatic N) is 2. The molecular formula is C20H20ClN3O2. The summed E-state index contributed by atoms with van der Waals surface area (Å²) in [6.45, 7) is 2.66. The molecule has 1 heterocycles. The van der Waals surface area contributed by atoms with Gasteiger partial charge in [0, 0.05) is 18.0 Å². The molecule has 0 bridgehead atoms. The quantitative estimate of drug-likeness (QED) is 0.716. The van der Waals surface area contributed by atoms with Crippen molar-refractivity contribution >= 4 is 28.4 Å². The highest BCUT2D eigenvalue weighted by Crippen LogP contribution is 2.14. The number of aromatic amines is 1. The van der Waals surface area contributed by atoms with E-state index in [1.54, 1.807) is 35.2 Å². The molecule has 0 fully saturated rings. The SMILES string of the molecule is CCCC(=O)N(Cc1ccc(Cl)cc1)Cc1nc2ccccc2c(=O)[nH]1. The van der Waals surface area contributed by atoms with Gasteiger partial charge in [0.05, 0.1) is 17.4 Å². The Labute approximate surface area is 156 Å². The second-order valence-corrected chi connectivity index (χ2v) is 6.59. The maximum atomic E-state index is 12.5. The lowest BCUT2D eigenvalue weighted by atomic mass is 10.2. The van der Waals surface area contributed by atoms with Crippen LogP contribution in [0.5, 0.6) is 0 Å². The lowest BCUT2D eigenvalue weighted by molar-refractivity contribution is -0.132. The van der Waals surface area contributed by atoms with Crippen LogP contribution < -0.4 is 5.56 Å². The molecular weight excluding hydrogens is 350 g/mol. The monoisotopic (exact) mass is 369 g/mol. The fourth-order valence-electron chi connectivity index (χ4n) is 2.80. The van der Waals surface area contributed by atoms with Gasteiger partial charge in [0.1, 0.15) is 5.82 Å². The van der Waals surface area contributed by atoms with E-state index in [1.165, 1.54) is 0 Å². The van der Waals surface area contributed by atoms with Crippen molar-refractivity contribution in [2.75, 3.05) is 0 Å². The van der Waals surface area contributed by atoms with E-state index >= 15 is 0 Å². The van der Waals surface area contributed by atoms with Crippen LogP contribution in [0.2, 0.25) is 5.02 Å². The number of carbonyl (C=O) groups excluding carboxylic acids is 1. The molecule has 6 heteroatoms. The molecule has 0 aliphatic rings. The van der Waals surface area contributed by atoms with Gasteiger partial charge in [-0.25, -0.2) is 4.98 Å². The molecule has 3 aromatic rings. The molecule has 2 aromatic carbocycles. The van der Waals surface area contributed by atoms with Crippen molar-refractivity contribution < 1.29 is 4.79 Å². The molecule has 1 N–H and O–H groups in total. The summed E-state index contributed by atoms with van der Waals surface area (Å²) >= 11 is 5.93. The van der Waals surface area contributed by atoms with Gasteiger partial charge in [0.2, 0.25) is 5.91 Å². The summed E-state index contributed by atoms with van der Waals surface area (Å²) in [6, 6.07) is 14.6. The summed E-state index contributed by atoms with van der Waals surface area (Å²) in [7, 11) is 0. The zero-order valence-corrected chi connectivity index (χ0v) is 15.3. The summed E-state index contributed by atoms with van der Waals surface area (Å²) in [4.78, 5) is 33.8. The Hall–Kier alpha value is -2.66. The first-order valence-electron chi connectivity index (χ1n) is 8.57. The third-order valence-electron chi connectivity index (χ3n) is 4.11. The van der Waals surface area contributed by atoms with E-state index in [0.29, 0.717) is 34.7 Å². The van der Waals surface area contributed by atoms with E-state index in [-0.39, 0.29) is 18.0 Å². The largest absolute Gasteiger partial charge is 0.331 e. The van der Waals surface area contributed by atoms with Gasteiger partial charge >= 0.3 is 0 Å². The summed E-state index contributed by atoms with van der Waals surface area (Å²) in [5.74, 6) is 0.505. The van der Waals surface area contributed by atoms with Gasteiger partial charge < -0.3 is 9.88 Å². The van der Waals surface area contributed by atoms with Crippen LogP contribution >= 0.6 is 11.6 Å². The summed E-state index contributed by atoms with van der Waals surface area (Å²) in [5.41, 5.74) is 1.41. The molecule has 134 valence electrons. The number of amides is 1. The van der Waals surface area contributed by atoms with Gasteiger partial charge in [0.25, 0.3) is 5.56 Å². The lowest BCUT2D eigenvalue weighted by Gasteiger charge is -2.22. The maximum Gasteiger partial charge on any atom is 0.258 e. The van der Waals surface area contributed by atoms with E-state index in [9.17, 15) is 9.59 Å². The molecule has 0 spiro atoms. The van der Waals surface area contributed by atoms with E-state index in [2.05, 4.69) is 9.97 Å². The second-order valence-electron chi connectivity index (χ2n) is 6.16. The fraction of sp³-hybridized carbons (Fsp3) is 0.250. The van der Waals surface area contributed by atoms with Crippen LogP contribution in [0.1, 0.15) is 31.2 Å². The van der Waals surface area contributed by atoms with Crippen LogP contribution in [0.15, 0.2) is 53.3 Å². The lowest BCUT2D eigenvalue weighted by Crippen LogP contribution is -2.31. The molecule has 0 aliphatic heterocycles. The molecule has 0 saturated heterocycles. The number of para-hydroxylation sites is 1. The molecule has 0 saturated carbocycles. The Morgan fingerprint density at radius 3 is 2.58 bits per heavy atom. The first kappa shape index (κ1) is 18.1. The molecule has 0 atom stereocenters. The summed E-state index contributed by atoms with van der Waals surface area (Å²) in [6.07, 6.45) is 1.21. The van der Waals surface area contributed by atoms with Crippen molar-refractivity contribution in [1.29, 1.82) is 0 Å². The normalized spacial score (nSPS) is 10.8. The fourth-order valence-corrected chi connectivity index (χ4v) is 2.93. The number of hydrogen-bond donors (Lipinski definition) is 1. The first-order valence-corrected chi connectivity index (χ1v) is 8.94. The minimum Gasteiger partial charge on any atom is -0.331 e. The number of benzene rings is 2. The van der Waals surface area contributed by atoms with Crippen molar-refractivity contribution in [3.63, 3.8) is 0 Å². The van der Waals surface area contributed by atoms with Gasteiger partial charge in [-0.2, -0.15) is 0 Å². The maximum absolute atomic E-state index is 12.5. The number of nitrogens with one attached hydrogen (secondary N) is 1. The number of rotatable bonds is 6. The number of halogens is 1. The third kappa shape index (κ3) is 4.29. The van der Waals surface area contributed by atoms with Crippen LogP contribution in [-0.2, 0) is 17.9 Å². The van der Waals surface area contributed by atoms with Gasteiger partial charge in [0.15, 0.2) is 0 Å². The molecule has 0 unspecified atom stereocenters. The Morgan fingerprint density at radius 2 is 1.85 bits per heavy atom. The highest BCUT2D eigenvalue weighted by molar-refractivity contribution is 6.30. The topological polar surface area (TPSA) is 66.1 Å². The Kier molecular flexibility index (Phi) is 5.68. The second kappa shape index (κ2) is 8.15. The molecule has 1 amide bonds. The third-order valence-corrected chi connectivity index (χ3v) is 4.36. The Balaban J connectivity index is 1.88. The minimum atomic E-state index is -0.194. The number of carbonyl (C=O) groups is 1. The van der Waals surface area contributed by atoms with E-state index in [4.69, 9.17) is 11.6 Å². The van der Waals surface area contributed by atoms with Gasteiger partial charge in [-0.3, -0.25) is 9.59 Å². The van der Waals surface area contributed by atoms with Crippen LogP contribution in [0.3, 0.4) is 0 Å². The van der Waals surface area contributed by atoms with Crippen molar-refractivity contribution in [1.82, 2.24) is 14.9 Å². The average Bonchev–Trinajstić information content (AvgIpc) is 2.63. The predicted molar refractivity (Wildman–Crippen MR) is 103 cm³/mol. The van der Waals surface area contributed by atoms with Crippen LogP contribution in [0, 0.1) is 0 Å². The van der Waals surface area contributed by atoms with Crippen molar-refractivity contribution in [2.24, 2.45) is 0 Å². The van der Waals surface area contributed by atoms with Gasteiger partial charge in [-0.1, -0.05) is 42.8 Å². The van der Waals surface area contributed by atoms with Crippen molar-refractivity contribution in [3.05, 3.63) is 75.3 Å². The molecule has 0 aliphatic carbocycles. The molecule has 0 radical (unpaired) electrons. The van der Waals surface area contributed by atoms with E-state index < -0.39 is 0 Å². The predicted octanol–water partition coefficient (Wildman–Crippen LogP) is 3.91. The van der Waals surface area contributed by atoms with Crippen molar-refractivity contribution in [3.8, 4) is 0 Å². The van der Waals surface area contributed by atoms with Crippen LogP contribution in [-0.4, -0.2) is 20.8 Å². The zero-order chi connectivity index (χ0) is 18.5. The first-order chi connectivity index (χ1) is 12.6. The van der Waals surface area contributed by atoms with Gasteiger partial charge in [-0.05, 0) is 36.2 Å². The average molecular weight is 370 g/mol. The Bertz CT molecular complexity index is 967. The van der Waals surface area contributed by atoms with Crippen LogP contribution in [0.4, 0.5) is 0 Å². The highest BCUT2D eigenvalue weighted by Gasteiger charge is 2.16. The molecule has 1 aromatic heterocycles.